The van der Waals surface area contributed by atoms with Gasteiger partial charge in [0.2, 0.25) is 0 Å². The standard InChI is InChI=1S/C16H18N2O4S/c1-20-10-5-6-11(14(8-10)21-2)12-9-23-16(17-12)18-15(19)13-4-3-7-22-13/h5-6,8-9,13H,3-4,7H2,1-2H3,(H,17,18,19). The first kappa shape index (κ1) is 15.8. The lowest BCUT2D eigenvalue weighted by Gasteiger charge is -2.09. The van der Waals surface area contributed by atoms with Crippen LogP contribution in [0.1, 0.15) is 12.8 Å². The summed E-state index contributed by atoms with van der Waals surface area (Å²) in [6.07, 6.45) is 1.32. The summed E-state index contributed by atoms with van der Waals surface area (Å²) >= 11 is 1.38. The Kier molecular flexibility index (Phi) is 4.78. The third-order valence-corrected chi connectivity index (χ3v) is 4.40. The van der Waals surface area contributed by atoms with Crippen molar-refractivity contribution in [3.8, 4) is 22.8 Å². The van der Waals surface area contributed by atoms with Gasteiger partial charge < -0.3 is 14.2 Å². The van der Waals surface area contributed by atoms with Crippen molar-refractivity contribution in [1.29, 1.82) is 0 Å². The quantitative estimate of drug-likeness (QED) is 0.910. The maximum Gasteiger partial charge on any atom is 0.255 e. The summed E-state index contributed by atoms with van der Waals surface area (Å²) in [6, 6.07) is 5.54. The molecule has 2 heterocycles. The highest BCUT2D eigenvalue weighted by Crippen LogP contribution is 2.34. The molecule has 1 aromatic carbocycles. The first-order valence-electron chi connectivity index (χ1n) is 7.31. The molecule has 0 spiro atoms. The number of nitrogens with one attached hydrogen (secondary N) is 1. The minimum absolute atomic E-state index is 0.134. The number of ether oxygens (including phenoxy) is 3. The molecule has 1 aliphatic rings. The molecule has 2 aromatic rings. The fourth-order valence-corrected chi connectivity index (χ4v) is 3.15. The van der Waals surface area contributed by atoms with Gasteiger partial charge in [-0.1, -0.05) is 0 Å². The molecule has 1 fully saturated rings. The predicted molar refractivity (Wildman–Crippen MR) is 88.3 cm³/mol. The maximum atomic E-state index is 12.1. The molecule has 1 aliphatic heterocycles. The molecule has 1 aromatic heterocycles. The van der Waals surface area contributed by atoms with Crippen LogP contribution in [0.4, 0.5) is 5.13 Å². The van der Waals surface area contributed by atoms with E-state index in [9.17, 15) is 4.79 Å². The number of aromatic nitrogens is 1. The molecule has 0 aliphatic carbocycles. The van der Waals surface area contributed by atoms with Crippen molar-refractivity contribution >= 4 is 22.4 Å². The lowest BCUT2D eigenvalue weighted by molar-refractivity contribution is -0.124. The molecule has 1 amide bonds. The Morgan fingerprint density at radius 3 is 2.96 bits per heavy atom. The Hall–Kier alpha value is -2.12. The van der Waals surface area contributed by atoms with Gasteiger partial charge in [0.25, 0.3) is 5.91 Å². The van der Waals surface area contributed by atoms with Crippen molar-refractivity contribution in [1.82, 2.24) is 4.98 Å². The second-order valence-corrected chi connectivity index (χ2v) is 5.95. The van der Waals surface area contributed by atoms with E-state index in [1.165, 1.54) is 11.3 Å². The number of amides is 1. The molecule has 6 nitrogen and oxygen atoms in total. The van der Waals surface area contributed by atoms with Gasteiger partial charge in [-0.3, -0.25) is 10.1 Å². The number of hydrogen-bond donors (Lipinski definition) is 1. The number of carbonyl (C=O) groups excluding carboxylic acids is 1. The first-order valence-corrected chi connectivity index (χ1v) is 8.19. The summed E-state index contributed by atoms with van der Waals surface area (Å²) in [5.74, 6) is 1.25. The highest BCUT2D eigenvalue weighted by Gasteiger charge is 2.24. The lowest BCUT2D eigenvalue weighted by Crippen LogP contribution is -2.26. The molecule has 122 valence electrons. The van der Waals surface area contributed by atoms with Crippen LogP contribution in [-0.4, -0.2) is 37.8 Å². The number of hydrogen-bond acceptors (Lipinski definition) is 6. The highest BCUT2D eigenvalue weighted by atomic mass is 32.1. The predicted octanol–water partition coefficient (Wildman–Crippen LogP) is 2.94. The van der Waals surface area contributed by atoms with E-state index in [-0.39, 0.29) is 12.0 Å². The molecule has 7 heteroatoms. The van der Waals surface area contributed by atoms with Crippen LogP contribution < -0.4 is 14.8 Å². The summed E-state index contributed by atoms with van der Waals surface area (Å²) in [4.78, 5) is 16.5. The van der Waals surface area contributed by atoms with Crippen LogP contribution in [0.3, 0.4) is 0 Å². The summed E-state index contributed by atoms with van der Waals surface area (Å²) in [5, 5.41) is 5.25. The van der Waals surface area contributed by atoms with E-state index < -0.39 is 0 Å². The van der Waals surface area contributed by atoms with Gasteiger partial charge in [-0.2, -0.15) is 0 Å². The fraction of sp³-hybridized carbons (Fsp3) is 0.375. The maximum absolute atomic E-state index is 12.1. The average molecular weight is 334 g/mol. The van der Waals surface area contributed by atoms with Gasteiger partial charge >= 0.3 is 0 Å². The van der Waals surface area contributed by atoms with Crippen molar-refractivity contribution in [2.45, 2.75) is 18.9 Å². The smallest absolute Gasteiger partial charge is 0.255 e. The lowest BCUT2D eigenvalue weighted by atomic mass is 10.1. The number of benzene rings is 1. The van der Waals surface area contributed by atoms with Crippen molar-refractivity contribution < 1.29 is 19.0 Å². The molecule has 1 unspecified atom stereocenters. The van der Waals surface area contributed by atoms with E-state index in [1.807, 2.05) is 17.5 Å². The highest BCUT2D eigenvalue weighted by molar-refractivity contribution is 7.14. The van der Waals surface area contributed by atoms with Gasteiger partial charge in [-0.15, -0.1) is 11.3 Å². The van der Waals surface area contributed by atoms with E-state index in [1.54, 1.807) is 20.3 Å². The number of carbonyl (C=O) groups is 1. The summed E-state index contributed by atoms with van der Waals surface area (Å²) in [6.45, 7) is 0.643. The molecular weight excluding hydrogens is 316 g/mol. The van der Waals surface area contributed by atoms with E-state index in [4.69, 9.17) is 14.2 Å². The third kappa shape index (κ3) is 3.46. The van der Waals surface area contributed by atoms with Crippen molar-refractivity contribution in [3.63, 3.8) is 0 Å². The van der Waals surface area contributed by atoms with E-state index in [0.29, 0.717) is 23.2 Å². The number of anilines is 1. The molecule has 3 rings (SSSR count). The fourth-order valence-electron chi connectivity index (χ4n) is 2.44. The van der Waals surface area contributed by atoms with Crippen molar-refractivity contribution in [2.75, 3.05) is 26.1 Å². The second-order valence-electron chi connectivity index (χ2n) is 5.10. The van der Waals surface area contributed by atoms with Crippen LogP contribution >= 0.6 is 11.3 Å². The molecular formula is C16H18N2O4S. The Morgan fingerprint density at radius 1 is 1.39 bits per heavy atom. The molecule has 0 saturated carbocycles. The van der Waals surface area contributed by atoms with Gasteiger partial charge in [0.15, 0.2) is 5.13 Å². The zero-order valence-corrected chi connectivity index (χ0v) is 13.8. The average Bonchev–Trinajstić information content (AvgIpc) is 3.26. The summed E-state index contributed by atoms with van der Waals surface area (Å²) < 4.78 is 16.0. The largest absolute Gasteiger partial charge is 0.497 e. The zero-order valence-electron chi connectivity index (χ0n) is 13.0. The van der Waals surface area contributed by atoms with Gasteiger partial charge in [-0.05, 0) is 25.0 Å². The van der Waals surface area contributed by atoms with Gasteiger partial charge in [0.1, 0.15) is 17.6 Å². The normalized spacial score (nSPS) is 17.0. The Balaban J connectivity index is 1.77. The molecule has 23 heavy (non-hydrogen) atoms. The zero-order chi connectivity index (χ0) is 16.2. The van der Waals surface area contributed by atoms with Crippen molar-refractivity contribution in [2.24, 2.45) is 0 Å². The Morgan fingerprint density at radius 2 is 2.26 bits per heavy atom. The van der Waals surface area contributed by atoms with Gasteiger partial charge in [0, 0.05) is 23.6 Å². The second kappa shape index (κ2) is 6.97. The molecule has 0 bridgehead atoms. The minimum Gasteiger partial charge on any atom is -0.497 e. The van der Waals surface area contributed by atoms with Crippen LogP contribution in [0.2, 0.25) is 0 Å². The number of rotatable bonds is 5. The SMILES string of the molecule is COc1ccc(-c2csc(NC(=O)C3CCCO3)n2)c(OC)c1. The van der Waals surface area contributed by atoms with Crippen LogP contribution in [0.5, 0.6) is 11.5 Å². The molecule has 1 saturated heterocycles. The van der Waals surface area contributed by atoms with Crippen LogP contribution in [-0.2, 0) is 9.53 Å². The molecule has 1 atom stereocenters. The van der Waals surface area contributed by atoms with Crippen LogP contribution in [0.25, 0.3) is 11.3 Å². The molecule has 0 radical (unpaired) electrons. The summed E-state index contributed by atoms with van der Waals surface area (Å²) in [5.41, 5.74) is 1.60. The number of thiazole rings is 1. The Labute approximate surface area is 138 Å². The molecule has 1 N–H and O–H groups in total. The first-order chi connectivity index (χ1) is 11.2. The van der Waals surface area contributed by atoms with E-state index in [2.05, 4.69) is 10.3 Å². The third-order valence-electron chi connectivity index (χ3n) is 3.64. The summed E-state index contributed by atoms with van der Waals surface area (Å²) in [7, 11) is 3.21. The van der Waals surface area contributed by atoms with Crippen molar-refractivity contribution in [3.05, 3.63) is 23.6 Å². The number of nitrogens with zero attached hydrogens (tertiary/aromatic N) is 1. The van der Waals surface area contributed by atoms with Gasteiger partial charge in [0.05, 0.1) is 19.9 Å². The van der Waals surface area contributed by atoms with Crippen LogP contribution in [0.15, 0.2) is 23.6 Å². The minimum atomic E-state index is -0.363. The van der Waals surface area contributed by atoms with E-state index in [0.717, 1.165) is 24.1 Å². The van der Waals surface area contributed by atoms with Crippen LogP contribution in [0, 0.1) is 0 Å². The topological polar surface area (TPSA) is 69.7 Å². The van der Waals surface area contributed by atoms with Gasteiger partial charge in [-0.25, -0.2) is 4.98 Å². The van der Waals surface area contributed by atoms with E-state index >= 15 is 0 Å². The number of methoxy groups -OCH3 is 2. The Bertz CT molecular complexity index is 695. The monoisotopic (exact) mass is 334 g/mol.